The van der Waals surface area contributed by atoms with Gasteiger partial charge in [-0.05, 0) is 43.9 Å². The lowest BCUT2D eigenvalue weighted by atomic mass is 9.96. The van der Waals surface area contributed by atoms with Crippen LogP contribution in [0.1, 0.15) is 49.3 Å². The first kappa shape index (κ1) is 14.6. The van der Waals surface area contributed by atoms with E-state index in [2.05, 4.69) is 6.92 Å². The van der Waals surface area contributed by atoms with E-state index in [1.807, 2.05) is 32.9 Å². The number of benzene rings is 1. The van der Waals surface area contributed by atoms with Crippen molar-refractivity contribution in [1.82, 2.24) is 0 Å². The van der Waals surface area contributed by atoms with E-state index in [9.17, 15) is 9.90 Å². The zero-order valence-electron chi connectivity index (χ0n) is 11.6. The average molecular weight is 250 g/mol. The molecular formula is C15H22O3. The van der Waals surface area contributed by atoms with E-state index in [1.165, 1.54) is 0 Å². The topological polar surface area (TPSA) is 46.5 Å². The molecular weight excluding hydrogens is 228 g/mol. The van der Waals surface area contributed by atoms with Crippen molar-refractivity contribution in [3.8, 4) is 5.75 Å². The molecule has 0 bridgehead atoms. The van der Waals surface area contributed by atoms with Crippen molar-refractivity contribution < 1.29 is 14.6 Å². The van der Waals surface area contributed by atoms with Gasteiger partial charge < -0.3 is 9.84 Å². The molecule has 0 radical (unpaired) electrons. The molecule has 1 aromatic rings. The highest BCUT2D eigenvalue weighted by molar-refractivity contribution is 5.78. The number of aryl methyl sites for hydroxylation is 2. The van der Waals surface area contributed by atoms with Crippen LogP contribution in [0.5, 0.6) is 5.75 Å². The number of rotatable bonds is 5. The van der Waals surface area contributed by atoms with Crippen molar-refractivity contribution in [3.05, 3.63) is 28.8 Å². The third kappa shape index (κ3) is 3.49. The van der Waals surface area contributed by atoms with Crippen molar-refractivity contribution in [3.63, 3.8) is 0 Å². The molecule has 0 spiro atoms. The van der Waals surface area contributed by atoms with Gasteiger partial charge in [-0.1, -0.05) is 25.5 Å². The normalized spacial score (nSPS) is 12.2. The largest absolute Gasteiger partial charge is 0.507 e. The van der Waals surface area contributed by atoms with Crippen LogP contribution in [-0.2, 0) is 9.53 Å². The van der Waals surface area contributed by atoms with Gasteiger partial charge in [-0.3, -0.25) is 4.79 Å². The maximum Gasteiger partial charge on any atom is 0.313 e. The van der Waals surface area contributed by atoms with Crippen LogP contribution in [-0.4, -0.2) is 17.7 Å². The van der Waals surface area contributed by atoms with Gasteiger partial charge in [0.05, 0.1) is 12.5 Å². The van der Waals surface area contributed by atoms with Gasteiger partial charge in [0, 0.05) is 0 Å². The molecule has 1 N–H and O–H groups in total. The van der Waals surface area contributed by atoms with Crippen LogP contribution in [0.25, 0.3) is 0 Å². The summed E-state index contributed by atoms with van der Waals surface area (Å²) >= 11 is 0. The molecule has 0 aliphatic rings. The summed E-state index contributed by atoms with van der Waals surface area (Å²) < 4.78 is 5.21. The zero-order chi connectivity index (χ0) is 13.7. The Morgan fingerprint density at radius 3 is 2.39 bits per heavy atom. The number of carbonyl (C=O) groups excluding carboxylic acids is 1. The van der Waals surface area contributed by atoms with Gasteiger partial charge in [-0.15, -0.1) is 0 Å². The molecule has 0 aliphatic carbocycles. The maximum atomic E-state index is 11.8. The third-order valence-electron chi connectivity index (χ3n) is 3.11. The lowest BCUT2D eigenvalue weighted by molar-refractivity contribution is -0.145. The second kappa shape index (κ2) is 6.43. The van der Waals surface area contributed by atoms with Gasteiger partial charge in [0.2, 0.25) is 0 Å². The maximum absolute atomic E-state index is 11.8. The monoisotopic (exact) mass is 250 g/mol. The Hall–Kier alpha value is -1.51. The molecule has 0 saturated carbocycles. The van der Waals surface area contributed by atoms with Crippen LogP contribution in [0, 0.1) is 13.8 Å². The minimum atomic E-state index is -0.292. The first-order valence-corrected chi connectivity index (χ1v) is 6.44. The Balaban J connectivity index is 2.77. The molecule has 100 valence electrons. The lowest BCUT2D eigenvalue weighted by Gasteiger charge is -2.14. The summed E-state index contributed by atoms with van der Waals surface area (Å²) in [6, 6.07) is 3.68. The second-order valence-corrected chi connectivity index (χ2v) is 4.75. The molecule has 0 aliphatic heterocycles. The quantitative estimate of drug-likeness (QED) is 0.643. The number of phenols is 1. The average Bonchev–Trinajstić information content (AvgIpc) is 2.34. The number of ether oxygens (including phenoxy) is 1. The third-order valence-corrected chi connectivity index (χ3v) is 3.11. The van der Waals surface area contributed by atoms with Crippen molar-refractivity contribution >= 4 is 5.97 Å². The number of aromatic hydroxyl groups is 1. The van der Waals surface area contributed by atoms with Crippen LogP contribution < -0.4 is 0 Å². The minimum absolute atomic E-state index is 0.201. The van der Waals surface area contributed by atoms with Crippen LogP contribution >= 0.6 is 0 Å². The Labute approximate surface area is 109 Å². The van der Waals surface area contributed by atoms with Gasteiger partial charge in [0.1, 0.15) is 5.75 Å². The molecule has 0 amide bonds. The number of esters is 1. The van der Waals surface area contributed by atoms with E-state index in [0.717, 1.165) is 29.5 Å². The molecule has 1 unspecified atom stereocenters. The number of unbranched alkanes of at least 4 members (excludes halogenated alkanes) is 1. The van der Waals surface area contributed by atoms with Crippen LogP contribution in [0.2, 0.25) is 0 Å². The summed E-state index contributed by atoms with van der Waals surface area (Å²) in [6.07, 6.45) is 1.91. The second-order valence-electron chi connectivity index (χ2n) is 4.75. The van der Waals surface area contributed by atoms with Gasteiger partial charge in [-0.2, -0.15) is 0 Å². The van der Waals surface area contributed by atoms with Crippen molar-refractivity contribution in [1.29, 1.82) is 0 Å². The predicted molar refractivity (Wildman–Crippen MR) is 71.9 cm³/mol. The highest BCUT2D eigenvalue weighted by Gasteiger charge is 2.18. The van der Waals surface area contributed by atoms with Crippen molar-refractivity contribution in [2.24, 2.45) is 0 Å². The molecule has 0 saturated heterocycles. The summed E-state index contributed by atoms with van der Waals surface area (Å²) in [6.45, 7) is 8.04. The number of hydrogen-bond acceptors (Lipinski definition) is 3. The van der Waals surface area contributed by atoms with Gasteiger partial charge >= 0.3 is 5.97 Å². The van der Waals surface area contributed by atoms with Crippen molar-refractivity contribution in [2.75, 3.05) is 6.61 Å². The summed E-state index contributed by atoms with van der Waals surface area (Å²) in [5.74, 6) is -0.196. The fraction of sp³-hybridized carbons (Fsp3) is 0.533. The minimum Gasteiger partial charge on any atom is -0.507 e. The van der Waals surface area contributed by atoms with Crippen molar-refractivity contribution in [2.45, 2.75) is 46.5 Å². The smallest absolute Gasteiger partial charge is 0.313 e. The Bertz CT molecular complexity index is 401. The van der Waals surface area contributed by atoms with Gasteiger partial charge in [0.15, 0.2) is 0 Å². The standard InChI is InChI=1S/C15H22O3/c1-5-6-7-18-15(17)12(4)13-8-10(2)14(16)11(3)9-13/h8-9,12,16H,5-7H2,1-4H3. The number of phenolic OH excluding ortho intramolecular Hbond substituents is 1. The first-order chi connectivity index (χ1) is 8.47. The fourth-order valence-electron chi connectivity index (χ4n) is 1.82. The van der Waals surface area contributed by atoms with E-state index in [0.29, 0.717) is 12.4 Å². The molecule has 0 fully saturated rings. The number of hydrogen-bond donors (Lipinski definition) is 1. The van der Waals surface area contributed by atoms with E-state index in [-0.39, 0.29) is 11.9 Å². The summed E-state index contributed by atoms with van der Waals surface area (Å²) in [5.41, 5.74) is 2.47. The summed E-state index contributed by atoms with van der Waals surface area (Å²) in [5, 5.41) is 9.71. The molecule has 1 aromatic carbocycles. The molecule has 3 heteroatoms. The number of carbonyl (C=O) groups is 1. The predicted octanol–water partition coefficient (Wildman–Crippen LogP) is 3.46. The Kier molecular flexibility index (Phi) is 5.20. The molecule has 3 nitrogen and oxygen atoms in total. The molecule has 1 rings (SSSR count). The Morgan fingerprint density at radius 1 is 1.33 bits per heavy atom. The van der Waals surface area contributed by atoms with Gasteiger partial charge in [-0.25, -0.2) is 0 Å². The fourth-order valence-corrected chi connectivity index (χ4v) is 1.82. The van der Waals surface area contributed by atoms with E-state index in [4.69, 9.17) is 4.74 Å². The van der Waals surface area contributed by atoms with Crippen LogP contribution in [0.15, 0.2) is 12.1 Å². The molecule has 0 aromatic heterocycles. The van der Waals surface area contributed by atoms with Crippen LogP contribution in [0.4, 0.5) is 0 Å². The molecule has 1 atom stereocenters. The highest BCUT2D eigenvalue weighted by atomic mass is 16.5. The highest BCUT2D eigenvalue weighted by Crippen LogP contribution is 2.27. The van der Waals surface area contributed by atoms with E-state index >= 15 is 0 Å². The molecule has 18 heavy (non-hydrogen) atoms. The Morgan fingerprint density at radius 2 is 1.89 bits per heavy atom. The SMILES string of the molecule is CCCCOC(=O)C(C)c1cc(C)c(O)c(C)c1. The summed E-state index contributed by atoms with van der Waals surface area (Å²) in [4.78, 5) is 11.8. The van der Waals surface area contributed by atoms with Gasteiger partial charge in [0.25, 0.3) is 0 Å². The first-order valence-electron chi connectivity index (χ1n) is 6.44. The molecule has 0 heterocycles. The zero-order valence-corrected chi connectivity index (χ0v) is 11.6. The van der Waals surface area contributed by atoms with E-state index in [1.54, 1.807) is 0 Å². The summed E-state index contributed by atoms with van der Waals surface area (Å²) in [7, 11) is 0. The lowest BCUT2D eigenvalue weighted by Crippen LogP contribution is -2.14. The van der Waals surface area contributed by atoms with Crippen LogP contribution in [0.3, 0.4) is 0 Å². The van der Waals surface area contributed by atoms with E-state index < -0.39 is 0 Å².